The van der Waals surface area contributed by atoms with Gasteiger partial charge in [0.2, 0.25) is 0 Å². The van der Waals surface area contributed by atoms with E-state index in [0.717, 1.165) is 19.5 Å². The quantitative estimate of drug-likeness (QED) is 0.527. The van der Waals surface area contributed by atoms with Crippen LogP contribution in [0.4, 0.5) is 0 Å². The molecule has 1 atom stereocenters. The molecule has 0 radical (unpaired) electrons. The number of hydrogen-bond acceptors (Lipinski definition) is 2. The summed E-state index contributed by atoms with van der Waals surface area (Å²) in [5.74, 6) is 0.272. The molecule has 62 valence electrons. The third-order valence-corrected chi connectivity index (χ3v) is 2.32. The SMILES string of the molecule is CC(C)(C)N1CCC(C#N)C1. The monoisotopic (exact) mass is 152 g/mol. The molecule has 1 rings (SSSR count). The molecule has 1 fully saturated rings. The summed E-state index contributed by atoms with van der Waals surface area (Å²) < 4.78 is 0. The first-order valence-electron chi connectivity index (χ1n) is 4.18. The Balaban J connectivity index is 2.50. The van der Waals surface area contributed by atoms with Crippen LogP contribution >= 0.6 is 0 Å². The molecular formula is C9H16N2. The fourth-order valence-electron chi connectivity index (χ4n) is 1.47. The van der Waals surface area contributed by atoms with Gasteiger partial charge in [-0.3, -0.25) is 4.90 Å². The standard InChI is InChI=1S/C9H16N2/c1-9(2,3)11-5-4-8(6-10)7-11/h8H,4-5,7H2,1-3H3. The highest BCUT2D eigenvalue weighted by Crippen LogP contribution is 2.23. The Hall–Kier alpha value is -0.550. The van der Waals surface area contributed by atoms with E-state index in [-0.39, 0.29) is 11.5 Å². The second-order valence-corrected chi connectivity index (χ2v) is 4.23. The van der Waals surface area contributed by atoms with E-state index in [2.05, 4.69) is 31.7 Å². The first-order valence-corrected chi connectivity index (χ1v) is 4.18. The minimum atomic E-state index is 0.242. The molecule has 0 amide bonds. The summed E-state index contributed by atoms with van der Waals surface area (Å²) in [6.45, 7) is 8.65. The van der Waals surface area contributed by atoms with Crippen LogP contribution in [0.25, 0.3) is 0 Å². The van der Waals surface area contributed by atoms with E-state index in [1.807, 2.05) is 0 Å². The number of nitriles is 1. The van der Waals surface area contributed by atoms with Crippen LogP contribution in [0, 0.1) is 17.2 Å². The van der Waals surface area contributed by atoms with Crippen molar-refractivity contribution in [2.24, 2.45) is 5.92 Å². The average molecular weight is 152 g/mol. The van der Waals surface area contributed by atoms with Gasteiger partial charge in [-0.25, -0.2) is 0 Å². The van der Waals surface area contributed by atoms with Gasteiger partial charge >= 0.3 is 0 Å². The molecular weight excluding hydrogens is 136 g/mol. The molecule has 1 aliphatic rings. The van der Waals surface area contributed by atoms with E-state index in [1.165, 1.54) is 0 Å². The van der Waals surface area contributed by atoms with Gasteiger partial charge in [0.25, 0.3) is 0 Å². The lowest BCUT2D eigenvalue weighted by atomic mass is 10.1. The van der Waals surface area contributed by atoms with Crippen molar-refractivity contribution in [3.8, 4) is 6.07 Å². The van der Waals surface area contributed by atoms with Gasteiger partial charge in [0.15, 0.2) is 0 Å². The topological polar surface area (TPSA) is 27.0 Å². The van der Waals surface area contributed by atoms with Crippen molar-refractivity contribution in [3.05, 3.63) is 0 Å². The van der Waals surface area contributed by atoms with Crippen LogP contribution in [0.2, 0.25) is 0 Å². The van der Waals surface area contributed by atoms with Crippen LogP contribution in [0.15, 0.2) is 0 Å². The second kappa shape index (κ2) is 2.83. The van der Waals surface area contributed by atoms with Crippen LogP contribution in [-0.2, 0) is 0 Å². The molecule has 0 saturated carbocycles. The zero-order valence-electron chi connectivity index (χ0n) is 7.59. The molecule has 1 unspecified atom stereocenters. The second-order valence-electron chi connectivity index (χ2n) is 4.23. The van der Waals surface area contributed by atoms with Gasteiger partial charge in [0.05, 0.1) is 12.0 Å². The molecule has 0 bridgehead atoms. The Bertz CT molecular complexity index is 173. The molecule has 0 aromatic rings. The largest absolute Gasteiger partial charge is 0.297 e. The van der Waals surface area contributed by atoms with Gasteiger partial charge in [-0.15, -0.1) is 0 Å². The van der Waals surface area contributed by atoms with Gasteiger partial charge in [0, 0.05) is 12.1 Å². The van der Waals surface area contributed by atoms with Crippen molar-refractivity contribution in [1.82, 2.24) is 4.90 Å². The number of likely N-dealkylation sites (tertiary alicyclic amines) is 1. The Morgan fingerprint density at radius 3 is 2.36 bits per heavy atom. The smallest absolute Gasteiger partial charge is 0.0669 e. The summed E-state index contributed by atoms with van der Waals surface area (Å²) in [4.78, 5) is 2.38. The lowest BCUT2D eigenvalue weighted by molar-refractivity contribution is 0.172. The lowest BCUT2D eigenvalue weighted by Gasteiger charge is -2.31. The highest BCUT2D eigenvalue weighted by molar-refractivity contribution is 4.94. The predicted octanol–water partition coefficient (Wildman–Crippen LogP) is 1.63. The van der Waals surface area contributed by atoms with E-state index in [1.54, 1.807) is 0 Å². The van der Waals surface area contributed by atoms with Crippen molar-refractivity contribution < 1.29 is 0 Å². The average Bonchev–Trinajstić information content (AvgIpc) is 2.32. The Labute approximate surface area is 68.8 Å². The molecule has 1 saturated heterocycles. The third-order valence-electron chi connectivity index (χ3n) is 2.32. The minimum Gasteiger partial charge on any atom is -0.297 e. The number of nitrogens with zero attached hydrogens (tertiary/aromatic N) is 2. The summed E-state index contributed by atoms with van der Waals surface area (Å²) >= 11 is 0. The zero-order valence-corrected chi connectivity index (χ0v) is 7.59. The van der Waals surface area contributed by atoms with Gasteiger partial charge in [0.1, 0.15) is 0 Å². The molecule has 0 aromatic carbocycles. The first kappa shape index (κ1) is 8.55. The van der Waals surface area contributed by atoms with Crippen LogP contribution in [0.5, 0.6) is 0 Å². The van der Waals surface area contributed by atoms with Crippen LogP contribution in [-0.4, -0.2) is 23.5 Å². The lowest BCUT2D eigenvalue weighted by Crippen LogP contribution is -2.39. The minimum absolute atomic E-state index is 0.242. The molecule has 0 N–H and O–H groups in total. The van der Waals surface area contributed by atoms with Gasteiger partial charge < -0.3 is 0 Å². The maximum atomic E-state index is 8.67. The van der Waals surface area contributed by atoms with Gasteiger partial charge in [-0.05, 0) is 33.7 Å². The van der Waals surface area contributed by atoms with Gasteiger partial charge in [-0.2, -0.15) is 5.26 Å². The van der Waals surface area contributed by atoms with Crippen molar-refractivity contribution in [2.75, 3.05) is 13.1 Å². The molecule has 1 aliphatic heterocycles. The summed E-state index contributed by atoms with van der Waals surface area (Å²) in [6.07, 6.45) is 1.05. The molecule has 0 aromatic heterocycles. The predicted molar refractivity (Wildman–Crippen MR) is 45.0 cm³/mol. The van der Waals surface area contributed by atoms with Crippen molar-refractivity contribution in [1.29, 1.82) is 5.26 Å². The fraction of sp³-hybridized carbons (Fsp3) is 0.889. The highest BCUT2D eigenvalue weighted by Gasteiger charge is 2.29. The van der Waals surface area contributed by atoms with Gasteiger partial charge in [-0.1, -0.05) is 0 Å². The first-order chi connectivity index (χ1) is 5.04. The fourth-order valence-corrected chi connectivity index (χ4v) is 1.47. The van der Waals surface area contributed by atoms with Crippen molar-refractivity contribution >= 4 is 0 Å². The van der Waals surface area contributed by atoms with Crippen molar-refractivity contribution in [3.63, 3.8) is 0 Å². The third kappa shape index (κ3) is 1.94. The maximum Gasteiger partial charge on any atom is 0.0669 e. The number of hydrogen-bond donors (Lipinski definition) is 0. The zero-order chi connectivity index (χ0) is 8.48. The molecule has 2 nitrogen and oxygen atoms in total. The summed E-state index contributed by atoms with van der Waals surface area (Å²) in [5, 5.41) is 8.67. The maximum absolute atomic E-state index is 8.67. The van der Waals surface area contributed by atoms with E-state index in [0.29, 0.717) is 0 Å². The van der Waals surface area contributed by atoms with Crippen LogP contribution in [0.1, 0.15) is 27.2 Å². The molecule has 11 heavy (non-hydrogen) atoms. The van der Waals surface area contributed by atoms with E-state index < -0.39 is 0 Å². The summed E-state index contributed by atoms with van der Waals surface area (Å²) in [5.41, 5.74) is 0.242. The summed E-state index contributed by atoms with van der Waals surface area (Å²) in [7, 11) is 0. The van der Waals surface area contributed by atoms with Crippen LogP contribution in [0.3, 0.4) is 0 Å². The summed E-state index contributed by atoms with van der Waals surface area (Å²) in [6, 6.07) is 2.32. The molecule has 1 heterocycles. The van der Waals surface area contributed by atoms with Crippen molar-refractivity contribution in [2.45, 2.75) is 32.7 Å². The Morgan fingerprint density at radius 1 is 1.45 bits per heavy atom. The number of rotatable bonds is 0. The Morgan fingerprint density at radius 2 is 2.09 bits per heavy atom. The molecule has 0 spiro atoms. The molecule has 0 aliphatic carbocycles. The van der Waals surface area contributed by atoms with E-state index in [4.69, 9.17) is 5.26 Å². The van der Waals surface area contributed by atoms with E-state index in [9.17, 15) is 0 Å². The highest BCUT2D eigenvalue weighted by atomic mass is 15.2. The van der Waals surface area contributed by atoms with Crippen LogP contribution < -0.4 is 0 Å². The normalized spacial score (nSPS) is 26.9. The molecule has 2 heteroatoms. The van der Waals surface area contributed by atoms with E-state index >= 15 is 0 Å². The Kier molecular flexibility index (Phi) is 2.20.